The molecule has 0 fully saturated rings. The molecular weight excluding hydrogens is 548 g/mol. The summed E-state index contributed by atoms with van der Waals surface area (Å²) in [5, 5.41) is 4.66. The predicted molar refractivity (Wildman–Crippen MR) is 188 cm³/mol. The Labute approximate surface area is 260 Å². The Morgan fingerprint density at radius 2 is 1.00 bits per heavy atom. The quantitative estimate of drug-likeness (QED) is 0.203. The maximum atomic E-state index is 6.72. The zero-order valence-corrected chi connectivity index (χ0v) is 24.5. The van der Waals surface area contributed by atoms with Gasteiger partial charge in [0, 0.05) is 38.6 Å². The van der Waals surface area contributed by atoms with Gasteiger partial charge in [-0.05, 0) is 65.7 Å². The topological polar surface area (TPSA) is 21.3 Å². The second kappa shape index (κ2) is 10.3. The van der Waals surface area contributed by atoms with Crippen molar-refractivity contribution in [2.24, 2.45) is 0 Å². The van der Waals surface area contributed by atoms with Crippen LogP contribution >= 0.6 is 0 Å². The van der Waals surface area contributed by atoms with E-state index in [4.69, 9.17) is 4.42 Å². The van der Waals surface area contributed by atoms with E-state index in [1.54, 1.807) is 0 Å². The van der Waals surface area contributed by atoms with Crippen LogP contribution in [0.2, 0.25) is 0 Å². The van der Waals surface area contributed by atoms with Crippen LogP contribution in [-0.2, 0) is 0 Å². The minimum Gasteiger partial charge on any atom is -0.454 e. The smallest absolute Gasteiger partial charge is 0.159 e. The normalized spacial score (nSPS) is 11.6. The molecule has 0 saturated carbocycles. The first kappa shape index (κ1) is 25.4. The first-order chi connectivity index (χ1) is 22.3. The van der Waals surface area contributed by atoms with Gasteiger partial charge in [0.25, 0.3) is 0 Å². The van der Waals surface area contributed by atoms with Crippen molar-refractivity contribution >= 4 is 60.8 Å². The molecule has 0 bridgehead atoms. The SMILES string of the molecule is c1ccc(-c2cccc(N(c3ccccc3)c3cc(-n4c5ccccc5c5ccccc54)cc4c3oc3ccccc34)c2)cc1. The first-order valence-corrected chi connectivity index (χ1v) is 15.3. The lowest BCUT2D eigenvalue weighted by Gasteiger charge is -2.27. The summed E-state index contributed by atoms with van der Waals surface area (Å²) in [6.07, 6.45) is 0. The number of para-hydroxylation sites is 4. The number of aromatic nitrogens is 1. The third-order valence-corrected chi connectivity index (χ3v) is 8.75. The fourth-order valence-electron chi connectivity index (χ4n) is 6.75. The van der Waals surface area contributed by atoms with E-state index in [1.807, 2.05) is 6.07 Å². The summed E-state index contributed by atoms with van der Waals surface area (Å²) in [6, 6.07) is 60.1. The molecule has 0 N–H and O–H groups in total. The van der Waals surface area contributed by atoms with Crippen LogP contribution < -0.4 is 4.90 Å². The van der Waals surface area contributed by atoms with E-state index in [0.717, 1.165) is 50.3 Å². The molecule has 9 rings (SSSR count). The molecular formula is C42H28N2O. The molecule has 2 aromatic heterocycles. The molecule has 0 amide bonds. The highest BCUT2D eigenvalue weighted by molar-refractivity contribution is 6.13. The van der Waals surface area contributed by atoms with E-state index in [0.29, 0.717) is 0 Å². The number of furan rings is 1. The second-order valence-electron chi connectivity index (χ2n) is 11.4. The van der Waals surface area contributed by atoms with Gasteiger partial charge in [-0.15, -0.1) is 0 Å². The summed E-state index contributed by atoms with van der Waals surface area (Å²) in [7, 11) is 0. The lowest BCUT2D eigenvalue weighted by atomic mass is 10.0. The van der Waals surface area contributed by atoms with Crippen LogP contribution in [0.4, 0.5) is 17.1 Å². The average Bonchev–Trinajstić information content (AvgIpc) is 3.65. The summed E-state index contributed by atoms with van der Waals surface area (Å²) in [4.78, 5) is 2.33. The standard InChI is InChI=1S/C42H28N2O/c1-3-14-29(15-4-1)30-16-13-19-32(26-30)43(31-17-5-2-6-18-31)40-28-33(27-37-36-22-9-12-25-41(36)45-42(37)40)44-38-23-10-7-20-34(38)35-21-8-11-24-39(35)44/h1-28H. The van der Waals surface area contributed by atoms with E-state index >= 15 is 0 Å². The molecule has 0 unspecified atom stereocenters. The summed E-state index contributed by atoms with van der Waals surface area (Å²) < 4.78 is 9.11. The Morgan fingerprint density at radius 3 is 1.73 bits per heavy atom. The van der Waals surface area contributed by atoms with Crippen LogP contribution in [0.25, 0.3) is 60.6 Å². The first-order valence-electron chi connectivity index (χ1n) is 15.3. The molecule has 0 radical (unpaired) electrons. The van der Waals surface area contributed by atoms with Crippen LogP contribution in [0.5, 0.6) is 0 Å². The van der Waals surface area contributed by atoms with Crippen LogP contribution in [0.3, 0.4) is 0 Å². The lowest BCUT2D eigenvalue weighted by Crippen LogP contribution is -2.11. The van der Waals surface area contributed by atoms with Gasteiger partial charge in [0.05, 0.1) is 16.7 Å². The number of fused-ring (bicyclic) bond motifs is 6. The van der Waals surface area contributed by atoms with Gasteiger partial charge in [0.2, 0.25) is 0 Å². The molecule has 9 aromatic rings. The highest BCUT2D eigenvalue weighted by Crippen LogP contribution is 2.45. The van der Waals surface area contributed by atoms with Gasteiger partial charge in [-0.25, -0.2) is 0 Å². The Hall–Kier alpha value is -6.06. The van der Waals surface area contributed by atoms with E-state index in [1.165, 1.54) is 27.4 Å². The zero-order valence-electron chi connectivity index (χ0n) is 24.5. The number of hydrogen-bond donors (Lipinski definition) is 0. The molecule has 0 aliphatic heterocycles. The van der Waals surface area contributed by atoms with Crippen LogP contribution in [0, 0.1) is 0 Å². The number of anilines is 3. The van der Waals surface area contributed by atoms with Gasteiger partial charge in [0.15, 0.2) is 5.58 Å². The Bertz CT molecular complexity index is 2440. The van der Waals surface area contributed by atoms with E-state index in [9.17, 15) is 0 Å². The Kier molecular flexibility index (Phi) is 5.82. The number of hydrogen-bond acceptors (Lipinski definition) is 2. The third-order valence-electron chi connectivity index (χ3n) is 8.75. The molecule has 212 valence electrons. The molecule has 3 heteroatoms. The van der Waals surface area contributed by atoms with Crippen molar-refractivity contribution < 1.29 is 4.42 Å². The fourth-order valence-corrected chi connectivity index (χ4v) is 6.75. The summed E-state index contributed by atoms with van der Waals surface area (Å²) >= 11 is 0. The number of rotatable bonds is 5. The Morgan fingerprint density at radius 1 is 0.422 bits per heavy atom. The molecule has 2 heterocycles. The van der Waals surface area contributed by atoms with E-state index in [-0.39, 0.29) is 0 Å². The van der Waals surface area contributed by atoms with Crippen molar-refractivity contribution in [3.8, 4) is 16.8 Å². The Balaban J connectivity index is 1.38. The van der Waals surface area contributed by atoms with Crippen molar-refractivity contribution in [1.29, 1.82) is 0 Å². The fraction of sp³-hybridized carbons (Fsp3) is 0. The zero-order chi connectivity index (χ0) is 29.7. The van der Waals surface area contributed by atoms with Crippen LogP contribution in [0.15, 0.2) is 174 Å². The maximum absolute atomic E-state index is 6.72. The maximum Gasteiger partial charge on any atom is 0.159 e. The lowest BCUT2D eigenvalue weighted by molar-refractivity contribution is 0.669. The number of nitrogens with zero attached hydrogens (tertiary/aromatic N) is 2. The molecule has 45 heavy (non-hydrogen) atoms. The average molecular weight is 577 g/mol. The van der Waals surface area contributed by atoms with Gasteiger partial charge in [-0.2, -0.15) is 0 Å². The van der Waals surface area contributed by atoms with Gasteiger partial charge in [0.1, 0.15) is 5.58 Å². The van der Waals surface area contributed by atoms with Crippen molar-refractivity contribution in [1.82, 2.24) is 4.57 Å². The molecule has 3 nitrogen and oxygen atoms in total. The minimum absolute atomic E-state index is 0.856. The van der Waals surface area contributed by atoms with Gasteiger partial charge in [-0.3, -0.25) is 0 Å². The summed E-state index contributed by atoms with van der Waals surface area (Å²) in [6.45, 7) is 0. The molecule has 0 atom stereocenters. The molecule has 0 aliphatic carbocycles. The van der Waals surface area contributed by atoms with Crippen molar-refractivity contribution in [2.75, 3.05) is 4.90 Å². The molecule has 0 spiro atoms. The van der Waals surface area contributed by atoms with Crippen LogP contribution in [-0.4, -0.2) is 4.57 Å². The monoisotopic (exact) mass is 576 g/mol. The molecule has 0 aliphatic rings. The van der Waals surface area contributed by atoms with Gasteiger partial charge in [-0.1, -0.05) is 115 Å². The largest absolute Gasteiger partial charge is 0.454 e. The van der Waals surface area contributed by atoms with Gasteiger partial charge < -0.3 is 13.9 Å². The molecule has 0 saturated heterocycles. The predicted octanol–water partition coefficient (Wildman–Crippen LogP) is 11.8. The summed E-state index contributed by atoms with van der Waals surface area (Å²) in [5.74, 6) is 0. The van der Waals surface area contributed by atoms with Gasteiger partial charge >= 0.3 is 0 Å². The highest BCUT2D eigenvalue weighted by atomic mass is 16.3. The van der Waals surface area contributed by atoms with E-state index < -0.39 is 0 Å². The number of benzene rings is 7. The molecule has 7 aromatic carbocycles. The van der Waals surface area contributed by atoms with Crippen molar-refractivity contribution in [3.63, 3.8) is 0 Å². The van der Waals surface area contributed by atoms with Crippen LogP contribution in [0.1, 0.15) is 0 Å². The van der Waals surface area contributed by atoms with E-state index in [2.05, 4.69) is 173 Å². The third kappa shape index (κ3) is 4.13. The highest BCUT2D eigenvalue weighted by Gasteiger charge is 2.23. The van der Waals surface area contributed by atoms with Crippen molar-refractivity contribution in [2.45, 2.75) is 0 Å². The summed E-state index contributed by atoms with van der Waals surface area (Å²) in [5.41, 5.74) is 10.6. The second-order valence-corrected chi connectivity index (χ2v) is 11.4. The van der Waals surface area contributed by atoms with Crippen molar-refractivity contribution in [3.05, 3.63) is 170 Å². The minimum atomic E-state index is 0.856.